The van der Waals surface area contributed by atoms with E-state index in [-0.39, 0.29) is 5.41 Å². The van der Waals surface area contributed by atoms with Crippen LogP contribution < -0.4 is 4.74 Å². The molecule has 2 rings (SSSR count). The molecular weight excluding hydrogens is 228 g/mol. The number of ether oxygens (including phenoxy) is 2. The first-order valence-electron chi connectivity index (χ1n) is 6.18. The lowest BCUT2D eigenvalue weighted by Crippen LogP contribution is -2.36. The molecule has 0 aliphatic carbocycles. The summed E-state index contributed by atoms with van der Waals surface area (Å²) >= 11 is 0. The fraction of sp³-hybridized carbons (Fsp3) is 0.533. The van der Waals surface area contributed by atoms with Crippen molar-refractivity contribution in [2.24, 2.45) is 0 Å². The summed E-state index contributed by atoms with van der Waals surface area (Å²) in [5.74, 6) is 0.250. The third-order valence-electron chi connectivity index (χ3n) is 3.06. The van der Waals surface area contributed by atoms with Gasteiger partial charge in [0.15, 0.2) is 0 Å². The summed E-state index contributed by atoms with van der Waals surface area (Å²) in [6, 6.07) is 3.75. The monoisotopic (exact) mass is 248 g/mol. The molecule has 18 heavy (non-hydrogen) atoms. The molecule has 0 fully saturated rings. The molecule has 98 valence electrons. The van der Waals surface area contributed by atoms with Crippen molar-refractivity contribution in [2.45, 2.75) is 52.4 Å². The molecule has 0 spiro atoms. The topological polar surface area (TPSA) is 35.5 Å². The first-order chi connectivity index (χ1) is 8.23. The van der Waals surface area contributed by atoms with Crippen LogP contribution in [0.1, 0.15) is 56.1 Å². The summed E-state index contributed by atoms with van der Waals surface area (Å²) in [6.07, 6.45) is 0.870. The smallest absolute Gasteiger partial charge is 0.205 e. The van der Waals surface area contributed by atoms with Gasteiger partial charge < -0.3 is 9.47 Å². The lowest BCUT2D eigenvalue weighted by atomic mass is 9.84. The first-order valence-corrected chi connectivity index (χ1v) is 6.18. The zero-order valence-electron chi connectivity index (χ0n) is 11.7. The third-order valence-corrected chi connectivity index (χ3v) is 3.06. The minimum Gasteiger partial charge on any atom is -0.462 e. The molecule has 0 aromatic heterocycles. The number of hydrogen-bond acceptors (Lipinski definition) is 3. The van der Waals surface area contributed by atoms with Gasteiger partial charge in [-0.05, 0) is 17.5 Å². The summed E-state index contributed by atoms with van der Waals surface area (Å²) in [5, 5.41) is 0. The van der Waals surface area contributed by atoms with E-state index in [0.717, 1.165) is 23.2 Å². The highest BCUT2D eigenvalue weighted by molar-refractivity contribution is 5.77. The van der Waals surface area contributed by atoms with Gasteiger partial charge in [-0.1, -0.05) is 20.8 Å². The van der Waals surface area contributed by atoms with Crippen molar-refractivity contribution in [2.75, 3.05) is 0 Å². The minimum atomic E-state index is -0.615. The molecule has 1 heterocycles. The second-order valence-corrected chi connectivity index (χ2v) is 6.22. The van der Waals surface area contributed by atoms with E-state index in [1.54, 1.807) is 0 Å². The molecular formula is C15H20O3. The zero-order chi connectivity index (χ0) is 13.6. The van der Waals surface area contributed by atoms with E-state index in [4.69, 9.17) is 9.47 Å². The van der Waals surface area contributed by atoms with Crippen molar-refractivity contribution >= 4 is 6.29 Å². The molecule has 0 unspecified atom stereocenters. The van der Waals surface area contributed by atoms with E-state index in [1.165, 1.54) is 0 Å². The van der Waals surface area contributed by atoms with Crippen molar-refractivity contribution in [1.82, 2.24) is 0 Å². The van der Waals surface area contributed by atoms with Gasteiger partial charge in [0.25, 0.3) is 0 Å². The lowest BCUT2D eigenvalue weighted by molar-refractivity contribution is -0.180. The quantitative estimate of drug-likeness (QED) is 0.714. The van der Waals surface area contributed by atoms with E-state index in [0.29, 0.717) is 12.2 Å². The molecule has 0 saturated carbocycles. The van der Waals surface area contributed by atoms with Crippen LogP contribution in [0.25, 0.3) is 0 Å². The fourth-order valence-corrected chi connectivity index (χ4v) is 2.09. The van der Waals surface area contributed by atoms with Crippen LogP contribution in [0.3, 0.4) is 0 Å². The van der Waals surface area contributed by atoms with Crippen molar-refractivity contribution < 1.29 is 14.3 Å². The molecule has 1 aliphatic rings. The number of fused-ring (bicyclic) bond motifs is 1. The number of benzene rings is 1. The van der Waals surface area contributed by atoms with Gasteiger partial charge in [-0.2, -0.15) is 0 Å². The van der Waals surface area contributed by atoms with E-state index in [9.17, 15) is 4.79 Å². The Morgan fingerprint density at radius 3 is 2.50 bits per heavy atom. The standard InChI is InChI=1S/C15H20O3/c1-14(2,3)12-7-10(8-16)6-11-9-17-15(4,5)18-13(11)12/h6-8H,9H2,1-5H3. The van der Waals surface area contributed by atoms with Crippen molar-refractivity contribution in [1.29, 1.82) is 0 Å². The van der Waals surface area contributed by atoms with Gasteiger partial charge in [0.05, 0.1) is 6.61 Å². The number of hydrogen-bond donors (Lipinski definition) is 0. The van der Waals surface area contributed by atoms with Crippen LogP contribution in [0.15, 0.2) is 12.1 Å². The van der Waals surface area contributed by atoms with Gasteiger partial charge in [-0.25, -0.2) is 0 Å². The summed E-state index contributed by atoms with van der Waals surface area (Å²) in [6.45, 7) is 10.6. The van der Waals surface area contributed by atoms with E-state index in [1.807, 2.05) is 26.0 Å². The maximum absolute atomic E-state index is 11.0. The maximum Gasteiger partial charge on any atom is 0.205 e. The van der Waals surface area contributed by atoms with Crippen LogP contribution in [0.4, 0.5) is 0 Å². The molecule has 1 aromatic carbocycles. The second-order valence-electron chi connectivity index (χ2n) is 6.22. The Hall–Kier alpha value is -1.35. The average Bonchev–Trinajstić information content (AvgIpc) is 2.25. The van der Waals surface area contributed by atoms with Crippen molar-refractivity contribution in [3.05, 3.63) is 28.8 Å². The van der Waals surface area contributed by atoms with E-state index < -0.39 is 5.79 Å². The van der Waals surface area contributed by atoms with Crippen LogP contribution in [0, 0.1) is 0 Å². The molecule has 0 atom stereocenters. The Morgan fingerprint density at radius 1 is 1.28 bits per heavy atom. The molecule has 1 aromatic rings. The van der Waals surface area contributed by atoms with Crippen LogP contribution in [-0.4, -0.2) is 12.1 Å². The lowest BCUT2D eigenvalue weighted by Gasteiger charge is -2.36. The zero-order valence-corrected chi connectivity index (χ0v) is 11.7. The fourth-order valence-electron chi connectivity index (χ4n) is 2.09. The predicted octanol–water partition coefficient (Wildman–Crippen LogP) is 3.44. The number of carbonyl (C=O) groups excluding carboxylic acids is 1. The Kier molecular flexibility index (Phi) is 2.98. The van der Waals surface area contributed by atoms with Crippen LogP contribution in [0.2, 0.25) is 0 Å². The SMILES string of the molecule is CC1(C)OCc2cc(C=O)cc(C(C)(C)C)c2O1. The number of carbonyl (C=O) groups is 1. The van der Waals surface area contributed by atoms with Gasteiger partial charge >= 0.3 is 0 Å². The average molecular weight is 248 g/mol. The van der Waals surface area contributed by atoms with Crippen LogP contribution >= 0.6 is 0 Å². The van der Waals surface area contributed by atoms with Gasteiger partial charge in [-0.15, -0.1) is 0 Å². The highest BCUT2D eigenvalue weighted by Gasteiger charge is 2.32. The highest BCUT2D eigenvalue weighted by atomic mass is 16.7. The Labute approximate surface area is 108 Å². The number of rotatable bonds is 1. The largest absolute Gasteiger partial charge is 0.462 e. The van der Waals surface area contributed by atoms with Gasteiger partial charge in [0, 0.05) is 30.5 Å². The Bertz CT molecular complexity index is 481. The molecule has 1 aliphatic heterocycles. The van der Waals surface area contributed by atoms with Gasteiger partial charge in [-0.3, -0.25) is 4.79 Å². The number of aldehydes is 1. The van der Waals surface area contributed by atoms with Crippen molar-refractivity contribution in [3.63, 3.8) is 0 Å². The molecule has 0 bridgehead atoms. The predicted molar refractivity (Wildman–Crippen MR) is 70.0 cm³/mol. The van der Waals surface area contributed by atoms with Crippen molar-refractivity contribution in [3.8, 4) is 5.75 Å². The molecule has 3 nitrogen and oxygen atoms in total. The van der Waals surface area contributed by atoms with Crippen LogP contribution in [-0.2, 0) is 16.8 Å². The van der Waals surface area contributed by atoms with Gasteiger partial charge in [0.2, 0.25) is 5.79 Å². The summed E-state index contributed by atoms with van der Waals surface area (Å²) in [4.78, 5) is 11.0. The van der Waals surface area contributed by atoms with Gasteiger partial charge in [0.1, 0.15) is 12.0 Å². The molecule has 0 amide bonds. The Morgan fingerprint density at radius 2 is 1.94 bits per heavy atom. The summed E-state index contributed by atoms with van der Waals surface area (Å²) < 4.78 is 11.6. The molecule has 0 N–H and O–H groups in total. The van der Waals surface area contributed by atoms with Crippen LogP contribution in [0.5, 0.6) is 5.75 Å². The van der Waals surface area contributed by atoms with E-state index in [2.05, 4.69) is 20.8 Å². The normalized spacial score (nSPS) is 17.8. The Balaban J connectivity index is 2.61. The third kappa shape index (κ3) is 2.41. The second kappa shape index (κ2) is 4.09. The first kappa shape index (κ1) is 13.1. The summed E-state index contributed by atoms with van der Waals surface area (Å²) in [7, 11) is 0. The molecule has 3 heteroatoms. The molecule has 0 radical (unpaired) electrons. The van der Waals surface area contributed by atoms with E-state index >= 15 is 0 Å². The minimum absolute atomic E-state index is 0.0729. The summed E-state index contributed by atoms with van der Waals surface area (Å²) in [5.41, 5.74) is 2.60. The highest BCUT2D eigenvalue weighted by Crippen LogP contribution is 2.40. The maximum atomic E-state index is 11.0. The molecule has 0 saturated heterocycles.